The molecule has 0 amide bonds. The summed E-state index contributed by atoms with van der Waals surface area (Å²) >= 11 is 0. The van der Waals surface area contributed by atoms with Crippen molar-refractivity contribution < 1.29 is 9.50 Å². The second kappa shape index (κ2) is 6.06. The average molecular weight is 248 g/mol. The van der Waals surface area contributed by atoms with Crippen LogP contribution in [0, 0.1) is 18.7 Å². The Morgan fingerprint density at radius 2 is 1.94 bits per heavy atom. The number of halogens is 2. The zero-order chi connectivity index (χ0) is 11.6. The van der Waals surface area contributed by atoms with Gasteiger partial charge in [-0.3, -0.25) is 0 Å². The maximum atomic E-state index is 13.4. The van der Waals surface area contributed by atoms with Gasteiger partial charge in [-0.2, -0.15) is 0 Å². The summed E-state index contributed by atoms with van der Waals surface area (Å²) in [6.07, 6.45) is 0.732. The van der Waals surface area contributed by atoms with E-state index in [0.29, 0.717) is 17.0 Å². The molecular formula is C12H19ClFNO. The summed E-state index contributed by atoms with van der Waals surface area (Å²) in [5.74, 6) is -0.446. The van der Waals surface area contributed by atoms with Gasteiger partial charge in [-0.1, -0.05) is 26.0 Å². The van der Waals surface area contributed by atoms with Crippen LogP contribution in [0.1, 0.15) is 37.4 Å². The van der Waals surface area contributed by atoms with E-state index in [2.05, 4.69) is 0 Å². The number of phenols is 1. The standard InChI is InChI=1S/C12H18FNO.ClH/c1-7(2)6-10(14)9-5-4-8(3)11(13)12(9)15;/h4-5,7,10,15H,6,14H2,1-3H3;1H/t10-;/m1./s1. The summed E-state index contributed by atoms with van der Waals surface area (Å²) < 4.78 is 13.4. The monoisotopic (exact) mass is 247 g/mol. The van der Waals surface area contributed by atoms with Gasteiger partial charge < -0.3 is 10.8 Å². The summed E-state index contributed by atoms with van der Waals surface area (Å²) in [4.78, 5) is 0. The molecule has 3 N–H and O–H groups in total. The van der Waals surface area contributed by atoms with Gasteiger partial charge in [-0.15, -0.1) is 12.4 Å². The molecule has 1 aromatic rings. The van der Waals surface area contributed by atoms with Crippen molar-refractivity contribution in [3.05, 3.63) is 29.1 Å². The second-order valence-corrected chi connectivity index (χ2v) is 4.37. The highest BCUT2D eigenvalue weighted by Gasteiger charge is 2.16. The van der Waals surface area contributed by atoms with Gasteiger partial charge in [0.15, 0.2) is 11.6 Å². The van der Waals surface area contributed by atoms with Gasteiger partial charge in [-0.05, 0) is 24.8 Å². The van der Waals surface area contributed by atoms with E-state index >= 15 is 0 Å². The second-order valence-electron chi connectivity index (χ2n) is 4.37. The third-order valence-corrected chi connectivity index (χ3v) is 2.47. The van der Waals surface area contributed by atoms with E-state index in [0.717, 1.165) is 6.42 Å². The highest BCUT2D eigenvalue weighted by Crippen LogP contribution is 2.30. The molecule has 2 nitrogen and oxygen atoms in total. The Morgan fingerprint density at radius 3 is 2.44 bits per heavy atom. The lowest BCUT2D eigenvalue weighted by atomic mass is 9.96. The minimum absolute atomic E-state index is 0. The Kier molecular flexibility index (Phi) is 5.76. The SMILES string of the molecule is Cc1ccc([C@H](N)CC(C)C)c(O)c1F.Cl. The molecule has 0 radical (unpaired) electrons. The predicted molar refractivity (Wildman–Crippen MR) is 66.4 cm³/mol. The lowest BCUT2D eigenvalue weighted by Crippen LogP contribution is -2.13. The predicted octanol–water partition coefficient (Wildman–Crippen LogP) is 3.31. The van der Waals surface area contributed by atoms with Crippen molar-refractivity contribution in [1.29, 1.82) is 0 Å². The first-order chi connectivity index (χ1) is 6.93. The summed E-state index contributed by atoms with van der Waals surface area (Å²) in [6, 6.07) is 3.03. The number of phenolic OH excluding ortho intramolecular Hbond substituents is 1. The van der Waals surface area contributed by atoms with Crippen molar-refractivity contribution in [2.24, 2.45) is 11.7 Å². The Bertz CT molecular complexity index is 355. The van der Waals surface area contributed by atoms with E-state index in [1.165, 1.54) is 0 Å². The van der Waals surface area contributed by atoms with E-state index in [9.17, 15) is 9.50 Å². The van der Waals surface area contributed by atoms with Gasteiger partial charge in [0.1, 0.15) is 0 Å². The molecule has 4 heteroatoms. The van der Waals surface area contributed by atoms with Crippen LogP contribution in [0.5, 0.6) is 5.75 Å². The van der Waals surface area contributed by atoms with Crippen LogP contribution in [0.2, 0.25) is 0 Å². The van der Waals surface area contributed by atoms with Crippen molar-refractivity contribution in [3.8, 4) is 5.75 Å². The fraction of sp³-hybridized carbons (Fsp3) is 0.500. The van der Waals surface area contributed by atoms with Crippen molar-refractivity contribution in [2.75, 3.05) is 0 Å². The summed E-state index contributed by atoms with van der Waals surface area (Å²) in [5, 5.41) is 9.61. The summed E-state index contributed by atoms with van der Waals surface area (Å²) in [7, 11) is 0. The molecule has 92 valence electrons. The minimum atomic E-state index is -0.563. The Hall–Kier alpha value is -0.800. The molecule has 0 spiro atoms. The van der Waals surface area contributed by atoms with Gasteiger partial charge in [0.05, 0.1) is 0 Å². The van der Waals surface area contributed by atoms with Gasteiger partial charge in [0.25, 0.3) is 0 Å². The van der Waals surface area contributed by atoms with Gasteiger partial charge in [0, 0.05) is 11.6 Å². The Balaban J connectivity index is 0.00000225. The van der Waals surface area contributed by atoms with Gasteiger partial charge in [-0.25, -0.2) is 4.39 Å². The van der Waals surface area contributed by atoms with Crippen molar-refractivity contribution >= 4 is 12.4 Å². The van der Waals surface area contributed by atoms with Crippen molar-refractivity contribution in [2.45, 2.75) is 33.2 Å². The quantitative estimate of drug-likeness (QED) is 0.861. The normalized spacial score (nSPS) is 12.4. The Labute approximate surface area is 102 Å². The van der Waals surface area contributed by atoms with Crippen LogP contribution in [-0.2, 0) is 0 Å². The smallest absolute Gasteiger partial charge is 0.168 e. The molecule has 0 fully saturated rings. The molecule has 0 aliphatic heterocycles. The fourth-order valence-electron chi connectivity index (χ4n) is 1.61. The third-order valence-electron chi connectivity index (χ3n) is 2.47. The molecule has 16 heavy (non-hydrogen) atoms. The first-order valence-corrected chi connectivity index (χ1v) is 5.17. The molecule has 0 saturated heterocycles. The topological polar surface area (TPSA) is 46.2 Å². The van der Waals surface area contributed by atoms with Crippen LogP contribution in [0.25, 0.3) is 0 Å². The van der Waals surface area contributed by atoms with Crippen LogP contribution in [0.3, 0.4) is 0 Å². The van der Waals surface area contributed by atoms with Crippen molar-refractivity contribution in [1.82, 2.24) is 0 Å². The molecule has 1 aromatic carbocycles. The minimum Gasteiger partial charge on any atom is -0.505 e. The van der Waals surface area contributed by atoms with Crippen LogP contribution < -0.4 is 5.73 Å². The molecule has 0 aliphatic carbocycles. The fourth-order valence-corrected chi connectivity index (χ4v) is 1.61. The highest BCUT2D eigenvalue weighted by molar-refractivity contribution is 5.85. The van der Waals surface area contributed by atoms with Gasteiger partial charge >= 0.3 is 0 Å². The number of aromatic hydroxyl groups is 1. The largest absolute Gasteiger partial charge is 0.505 e. The molecule has 0 bridgehead atoms. The maximum Gasteiger partial charge on any atom is 0.168 e. The zero-order valence-corrected chi connectivity index (χ0v) is 10.6. The molecule has 1 rings (SSSR count). The first-order valence-electron chi connectivity index (χ1n) is 5.17. The summed E-state index contributed by atoms with van der Waals surface area (Å²) in [6.45, 7) is 5.70. The Morgan fingerprint density at radius 1 is 1.38 bits per heavy atom. The average Bonchev–Trinajstić information content (AvgIpc) is 2.13. The van der Waals surface area contributed by atoms with Crippen LogP contribution in [0.4, 0.5) is 4.39 Å². The van der Waals surface area contributed by atoms with Crippen LogP contribution >= 0.6 is 12.4 Å². The van der Waals surface area contributed by atoms with Gasteiger partial charge in [0.2, 0.25) is 0 Å². The molecule has 0 aromatic heterocycles. The van der Waals surface area contributed by atoms with Crippen LogP contribution in [0.15, 0.2) is 12.1 Å². The van der Waals surface area contributed by atoms with E-state index in [1.54, 1.807) is 19.1 Å². The van der Waals surface area contributed by atoms with E-state index in [1.807, 2.05) is 13.8 Å². The zero-order valence-electron chi connectivity index (χ0n) is 9.83. The maximum absolute atomic E-state index is 13.4. The van der Waals surface area contributed by atoms with Crippen LogP contribution in [-0.4, -0.2) is 5.11 Å². The molecule has 1 atom stereocenters. The number of benzene rings is 1. The lowest BCUT2D eigenvalue weighted by Gasteiger charge is -2.16. The lowest BCUT2D eigenvalue weighted by molar-refractivity contribution is 0.409. The number of rotatable bonds is 3. The molecule has 0 aliphatic rings. The highest BCUT2D eigenvalue weighted by atomic mass is 35.5. The summed E-state index contributed by atoms with van der Waals surface area (Å²) in [5.41, 5.74) is 6.82. The first kappa shape index (κ1) is 15.2. The van der Waals surface area contributed by atoms with E-state index in [-0.39, 0.29) is 24.2 Å². The van der Waals surface area contributed by atoms with E-state index < -0.39 is 5.82 Å². The molecular weight excluding hydrogens is 229 g/mol. The van der Waals surface area contributed by atoms with E-state index in [4.69, 9.17) is 5.73 Å². The molecule has 0 saturated carbocycles. The number of hydrogen-bond donors (Lipinski definition) is 2. The number of nitrogens with two attached hydrogens (primary N) is 1. The number of aryl methyl sites for hydroxylation is 1. The molecule has 0 unspecified atom stereocenters. The third kappa shape index (κ3) is 3.35. The van der Waals surface area contributed by atoms with Crippen molar-refractivity contribution in [3.63, 3.8) is 0 Å². The molecule has 0 heterocycles. The number of hydrogen-bond acceptors (Lipinski definition) is 2.